The molecule has 2 amide bonds. The van der Waals surface area contributed by atoms with Crippen LogP contribution in [-0.4, -0.2) is 54.2 Å². The van der Waals surface area contributed by atoms with Crippen molar-refractivity contribution in [1.82, 2.24) is 14.9 Å². The van der Waals surface area contributed by atoms with Crippen LogP contribution in [0.1, 0.15) is 39.2 Å². The van der Waals surface area contributed by atoms with Crippen LogP contribution in [0.5, 0.6) is 17.4 Å². The minimum atomic E-state index is -0.367. The molecule has 0 bridgehead atoms. The predicted octanol–water partition coefficient (Wildman–Crippen LogP) is 6.88. The molecule has 0 atom stereocenters. The highest BCUT2D eigenvalue weighted by molar-refractivity contribution is 6.08. The molecule has 0 unspecified atom stereocenters. The number of hydrogen-bond donors (Lipinski definition) is 3. The van der Waals surface area contributed by atoms with Gasteiger partial charge in [0.2, 0.25) is 11.8 Å². The highest BCUT2D eigenvalue weighted by Crippen LogP contribution is 2.35. The molecule has 9 nitrogen and oxygen atoms in total. The third-order valence-electron chi connectivity index (χ3n) is 7.20. The fourth-order valence-corrected chi connectivity index (χ4v) is 4.95. The van der Waals surface area contributed by atoms with Gasteiger partial charge in [0.15, 0.2) is 0 Å². The fourth-order valence-electron chi connectivity index (χ4n) is 4.95. The fraction of sp³-hybridized carbons (Fsp3) is 0.344. The largest absolute Gasteiger partial charge is 0.495 e. The average Bonchev–Trinajstić information content (AvgIpc) is 3.48. The molecule has 1 aromatic heterocycles. The van der Waals surface area contributed by atoms with Gasteiger partial charge in [-0.15, -0.1) is 0 Å². The number of hydrogen-bond acceptors (Lipinski definition) is 7. The average molecular weight is 555 g/mol. The molecule has 4 aromatic rings. The van der Waals surface area contributed by atoms with E-state index in [4.69, 9.17) is 9.47 Å². The van der Waals surface area contributed by atoms with E-state index in [2.05, 4.69) is 51.6 Å². The summed E-state index contributed by atoms with van der Waals surface area (Å²) in [6, 6.07) is 18.6. The zero-order chi connectivity index (χ0) is 28.8. The van der Waals surface area contributed by atoms with Crippen LogP contribution in [0.3, 0.4) is 0 Å². The minimum Gasteiger partial charge on any atom is -0.495 e. The molecule has 0 saturated carbocycles. The summed E-state index contributed by atoms with van der Waals surface area (Å²) in [5, 5.41) is 10.9. The molecule has 0 radical (unpaired) electrons. The van der Waals surface area contributed by atoms with E-state index < -0.39 is 0 Å². The molecule has 41 heavy (non-hydrogen) atoms. The number of methoxy groups -OCH3 is 1. The summed E-state index contributed by atoms with van der Waals surface area (Å²) in [6.07, 6.45) is 4.23. The van der Waals surface area contributed by atoms with Gasteiger partial charge in [-0.1, -0.05) is 51.1 Å². The van der Waals surface area contributed by atoms with Crippen LogP contribution in [0.25, 0.3) is 10.8 Å². The Hall–Kier alpha value is -4.37. The van der Waals surface area contributed by atoms with Crippen molar-refractivity contribution < 1.29 is 14.3 Å². The number of urea groups is 1. The maximum absolute atomic E-state index is 13.1. The molecule has 5 rings (SSSR count). The van der Waals surface area contributed by atoms with Crippen LogP contribution in [0, 0.1) is 0 Å². The van der Waals surface area contributed by atoms with Gasteiger partial charge in [0, 0.05) is 36.1 Å². The number of rotatable bonds is 9. The lowest BCUT2D eigenvalue weighted by Gasteiger charge is -2.21. The van der Waals surface area contributed by atoms with Crippen LogP contribution >= 0.6 is 0 Å². The Morgan fingerprint density at radius 1 is 0.927 bits per heavy atom. The standard InChI is InChI=1S/C32H38N6O3/c1-32(2,3)22-11-13-28(40-4)26(21-22)36-31(39)35-25-12-14-27(24-10-6-5-9-23(24)25)41-29-15-16-33-30(37-29)34-17-20-38-18-7-8-19-38/h5-6,9-16,21H,7-8,17-20H2,1-4H3,(H,33,34,37)(H2,35,36,39). The smallest absolute Gasteiger partial charge is 0.323 e. The second-order valence-corrected chi connectivity index (χ2v) is 11.2. The Kier molecular flexibility index (Phi) is 8.54. The van der Waals surface area contributed by atoms with Crippen molar-refractivity contribution >= 4 is 34.1 Å². The van der Waals surface area contributed by atoms with Crippen molar-refractivity contribution in [3.63, 3.8) is 0 Å². The summed E-state index contributed by atoms with van der Waals surface area (Å²) in [7, 11) is 1.59. The molecule has 214 valence electrons. The van der Waals surface area contributed by atoms with Crippen molar-refractivity contribution in [1.29, 1.82) is 0 Å². The summed E-state index contributed by atoms with van der Waals surface area (Å²) in [5.41, 5.74) is 2.29. The van der Waals surface area contributed by atoms with Crippen LogP contribution < -0.4 is 25.4 Å². The first kappa shape index (κ1) is 28.2. The molecule has 1 saturated heterocycles. The molecule has 9 heteroatoms. The van der Waals surface area contributed by atoms with E-state index in [1.165, 1.54) is 12.8 Å². The van der Waals surface area contributed by atoms with E-state index in [0.717, 1.165) is 42.5 Å². The molecule has 3 N–H and O–H groups in total. The minimum absolute atomic E-state index is 0.0701. The predicted molar refractivity (Wildman–Crippen MR) is 165 cm³/mol. The summed E-state index contributed by atoms with van der Waals surface area (Å²) in [5.74, 6) is 2.20. The third kappa shape index (κ3) is 7.05. The normalized spacial score (nSPS) is 13.7. The first-order valence-electron chi connectivity index (χ1n) is 14.1. The van der Waals surface area contributed by atoms with Gasteiger partial charge in [0.25, 0.3) is 0 Å². The Bertz CT molecular complexity index is 1510. The molecule has 0 spiro atoms. The maximum Gasteiger partial charge on any atom is 0.323 e. The van der Waals surface area contributed by atoms with E-state index >= 15 is 0 Å². The van der Waals surface area contributed by atoms with Crippen molar-refractivity contribution in [3.05, 3.63) is 72.4 Å². The first-order valence-corrected chi connectivity index (χ1v) is 14.1. The van der Waals surface area contributed by atoms with Crippen molar-refractivity contribution in [3.8, 4) is 17.4 Å². The number of anilines is 3. The lowest BCUT2D eigenvalue weighted by Crippen LogP contribution is -2.26. The molecule has 1 fully saturated rings. The SMILES string of the molecule is COc1ccc(C(C)(C)C)cc1NC(=O)Nc1ccc(Oc2ccnc(NCCN3CCCC3)n2)c2ccccc12. The van der Waals surface area contributed by atoms with E-state index in [1.807, 2.05) is 54.6 Å². The van der Waals surface area contributed by atoms with Gasteiger partial charge in [0.05, 0.1) is 18.5 Å². The quantitative estimate of drug-likeness (QED) is 0.207. The van der Waals surface area contributed by atoms with Crippen LogP contribution in [0.2, 0.25) is 0 Å². The summed E-state index contributed by atoms with van der Waals surface area (Å²) in [4.78, 5) is 24.4. The second kappa shape index (κ2) is 12.4. The van der Waals surface area contributed by atoms with Crippen LogP contribution in [0.15, 0.2) is 66.9 Å². The van der Waals surface area contributed by atoms with Crippen molar-refractivity contribution in [2.75, 3.05) is 49.2 Å². The Labute approximate surface area is 241 Å². The number of likely N-dealkylation sites (tertiary alicyclic amines) is 1. The number of carbonyl (C=O) groups is 1. The Morgan fingerprint density at radius 2 is 1.66 bits per heavy atom. The third-order valence-corrected chi connectivity index (χ3v) is 7.20. The second-order valence-electron chi connectivity index (χ2n) is 11.2. The number of benzene rings is 3. The highest BCUT2D eigenvalue weighted by atomic mass is 16.5. The molecule has 3 aromatic carbocycles. The van der Waals surface area contributed by atoms with Crippen LogP contribution in [0.4, 0.5) is 22.1 Å². The number of amides is 2. The number of ether oxygens (including phenoxy) is 2. The number of aromatic nitrogens is 2. The lowest BCUT2D eigenvalue weighted by molar-refractivity contribution is 0.262. The molecule has 1 aliphatic rings. The van der Waals surface area contributed by atoms with Gasteiger partial charge in [0.1, 0.15) is 11.5 Å². The number of carbonyl (C=O) groups excluding carboxylic acids is 1. The van der Waals surface area contributed by atoms with Gasteiger partial charge in [-0.25, -0.2) is 9.78 Å². The van der Waals surface area contributed by atoms with Crippen molar-refractivity contribution in [2.24, 2.45) is 0 Å². The van der Waals surface area contributed by atoms with Crippen molar-refractivity contribution in [2.45, 2.75) is 39.0 Å². The van der Waals surface area contributed by atoms with Gasteiger partial charge in [-0.05, 0) is 61.2 Å². The highest BCUT2D eigenvalue weighted by Gasteiger charge is 2.18. The van der Waals surface area contributed by atoms with E-state index in [1.54, 1.807) is 19.4 Å². The molecule has 0 aliphatic carbocycles. The summed E-state index contributed by atoms with van der Waals surface area (Å²) < 4.78 is 11.7. The lowest BCUT2D eigenvalue weighted by atomic mass is 9.87. The molecular formula is C32H38N6O3. The number of fused-ring (bicyclic) bond motifs is 1. The Morgan fingerprint density at radius 3 is 2.41 bits per heavy atom. The monoisotopic (exact) mass is 554 g/mol. The topological polar surface area (TPSA) is 101 Å². The summed E-state index contributed by atoms with van der Waals surface area (Å²) >= 11 is 0. The molecular weight excluding hydrogens is 516 g/mol. The van der Waals surface area contributed by atoms with Gasteiger partial charge in [-0.3, -0.25) is 0 Å². The van der Waals surface area contributed by atoms with Gasteiger partial charge in [-0.2, -0.15) is 4.98 Å². The number of nitrogens with one attached hydrogen (secondary N) is 3. The van der Waals surface area contributed by atoms with Crippen LogP contribution in [-0.2, 0) is 5.41 Å². The van der Waals surface area contributed by atoms with E-state index in [0.29, 0.717) is 34.7 Å². The molecule has 2 heterocycles. The van der Waals surface area contributed by atoms with E-state index in [-0.39, 0.29) is 11.4 Å². The van der Waals surface area contributed by atoms with Gasteiger partial charge < -0.3 is 30.3 Å². The first-order chi connectivity index (χ1) is 19.8. The summed E-state index contributed by atoms with van der Waals surface area (Å²) in [6.45, 7) is 10.4. The van der Waals surface area contributed by atoms with Gasteiger partial charge >= 0.3 is 6.03 Å². The molecule has 1 aliphatic heterocycles. The Balaban J connectivity index is 1.30. The maximum atomic E-state index is 13.1. The zero-order valence-electron chi connectivity index (χ0n) is 24.2. The van der Waals surface area contributed by atoms with E-state index in [9.17, 15) is 4.79 Å². The zero-order valence-corrected chi connectivity index (χ0v) is 24.2. The number of nitrogens with zero attached hydrogens (tertiary/aromatic N) is 3.